The average Bonchev–Trinajstić information content (AvgIpc) is 2.79. The van der Waals surface area contributed by atoms with Gasteiger partial charge in [-0.25, -0.2) is 8.42 Å². The number of rotatable bonds is 4. The van der Waals surface area contributed by atoms with Crippen molar-refractivity contribution in [2.75, 3.05) is 30.4 Å². The molecule has 0 aromatic heterocycles. The van der Waals surface area contributed by atoms with Crippen molar-refractivity contribution in [2.24, 2.45) is 0 Å². The summed E-state index contributed by atoms with van der Waals surface area (Å²) in [5.41, 5.74) is 1.81. The van der Waals surface area contributed by atoms with E-state index < -0.39 is 9.84 Å². The molecule has 1 heterocycles. The summed E-state index contributed by atoms with van der Waals surface area (Å²) < 4.78 is 22.9. The molecule has 0 aliphatic carbocycles. The van der Waals surface area contributed by atoms with Gasteiger partial charge in [0, 0.05) is 23.8 Å². The molecule has 1 aromatic carbocycles. The third kappa shape index (κ3) is 4.11. The number of nitrogens with zero attached hydrogens (tertiary/aromatic N) is 1. The van der Waals surface area contributed by atoms with Crippen molar-refractivity contribution < 1.29 is 13.2 Å². The van der Waals surface area contributed by atoms with E-state index in [1.165, 1.54) is 4.90 Å². The van der Waals surface area contributed by atoms with Crippen LogP contribution in [0.25, 0.3) is 0 Å². The number of hydrogen-bond donors (Lipinski definition) is 1. The molecule has 1 saturated heterocycles. The fourth-order valence-electron chi connectivity index (χ4n) is 2.36. The molecule has 0 bridgehead atoms. The molecule has 2 rings (SSSR count). The standard InChI is InChI=1S/C14H19ClN2O3S/c1-10-3-4-11(15)7-13(10)16-8-14(18)17(2)12-5-6-21(19,20)9-12/h3-4,7,12,16H,5-6,8-9H2,1-2H3. The Labute approximate surface area is 130 Å². The van der Waals surface area contributed by atoms with Crippen molar-refractivity contribution in [1.82, 2.24) is 4.90 Å². The van der Waals surface area contributed by atoms with Crippen LogP contribution in [0.15, 0.2) is 18.2 Å². The Morgan fingerprint density at radius 2 is 2.19 bits per heavy atom. The number of carbonyl (C=O) groups excluding carboxylic acids is 1. The molecule has 1 unspecified atom stereocenters. The van der Waals surface area contributed by atoms with E-state index in [2.05, 4.69) is 5.32 Å². The van der Waals surface area contributed by atoms with E-state index in [1.807, 2.05) is 13.0 Å². The van der Waals surface area contributed by atoms with Gasteiger partial charge in [0.15, 0.2) is 9.84 Å². The lowest BCUT2D eigenvalue weighted by molar-refractivity contribution is -0.129. The number of sulfone groups is 1. The Balaban J connectivity index is 1.94. The highest BCUT2D eigenvalue weighted by atomic mass is 35.5. The van der Waals surface area contributed by atoms with Gasteiger partial charge in [-0.05, 0) is 31.0 Å². The molecule has 1 aliphatic heterocycles. The van der Waals surface area contributed by atoms with E-state index in [4.69, 9.17) is 11.6 Å². The molecule has 0 radical (unpaired) electrons. The van der Waals surface area contributed by atoms with Crippen LogP contribution in [0, 0.1) is 6.92 Å². The Bertz CT molecular complexity index is 646. The summed E-state index contributed by atoms with van der Waals surface area (Å²) in [6.45, 7) is 2.05. The van der Waals surface area contributed by atoms with Crippen molar-refractivity contribution in [3.05, 3.63) is 28.8 Å². The number of halogens is 1. The predicted molar refractivity (Wildman–Crippen MR) is 84.5 cm³/mol. The van der Waals surface area contributed by atoms with Crippen LogP contribution in [0.5, 0.6) is 0 Å². The number of amides is 1. The van der Waals surface area contributed by atoms with Crippen LogP contribution >= 0.6 is 11.6 Å². The highest BCUT2D eigenvalue weighted by Crippen LogP contribution is 2.20. The lowest BCUT2D eigenvalue weighted by Crippen LogP contribution is -2.40. The predicted octanol–water partition coefficient (Wildman–Crippen LogP) is 1.71. The normalized spacial score (nSPS) is 20.2. The van der Waals surface area contributed by atoms with Gasteiger partial charge in [-0.2, -0.15) is 0 Å². The highest BCUT2D eigenvalue weighted by Gasteiger charge is 2.32. The van der Waals surface area contributed by atoms with Crippen LogP contribution in [-0.4, -0.2) is 50.4 Å². The summed E-state index contributed by atoms with van der Waals surface area (Å²) in [7, 11) is -1.33. The minimum Gasteiger partial charge on any atom is -0.376 e. The summed E-state index contributed by atoms with van der Waals surface area (Å²) in [6, 6.07) is 5.22. The number of aryl methyl sites for hydroxylation is 1. The molecule has 1 fully saturated rings. The van der Waals surface area contributed by atoms with Crippen molar-refractivity contribution in [2.45, 2.75) is 19.4 Å². The first-order chi connectivity index (χ1) is 9.78. The lowest BCUT2D eigenvalue weighted by Gasteiger charge is -2.24. The van der Waals surface area contributed by atoms with Crippen LogP contribution in [0.4, 0.5) is 5.69 Å². The Hall–Kier alpha value is -1.27. The zero-order chi connectivity index (χ0) is 15.6. The number of anilines is 1. The largest absolute Gasteiger partial charge is 0.376 e. The lowest BCUT2D eigenvalue weighted by atomic mass is 10.2. The van der Waals surface area contributed by atoms with Crippen LogP contribution in [0.2, 0.25) is 5.02 Å². The Morgan fingerprint density at radius 3 is 2.81 bits per heavy atom. The van der Waals surface area contributed by atoms with E-state index in [0.717, 1.165) is 11.3 Å². The van der Waals surface area contributed by atoms with Gasteiger partial charge < -0.3 is 10.2 Å². The SMILES string of the molecule is Cc1ccc(Cl)cc1NCC(=O)N(C)C1CCS(=O)(=O)C1. The van der Waals surface area contributed by atoms with Gasteiger partial charge in [-0.1, -0.05) is 17.7 Å². The van der Waals surface area contributed by atoms with Gasteiger partial charge >= 0.3 is 0 Å². The van der Waals surface area contributed by atoms with E-state index in [-0.39, 0.29) is 30.0 Å². The smallest absolute Gasteiger partial charge is 0.241 e. The molecule has 7 heteroatoms. The first-order valence-electron chi connectivity index (χ1n) is 6.74. The summed E-state index contributed by atoms with van der Waals surface area (Å²) >= 11 is 5.93. The van der Waals surface area contributed by atoms with Crippen molar-refractivity contribution >= 4 is 33.0 Å². The summed E-state index contributed by atoms with van der Waals surface area (Å²) in [6.07, 6.45) is 0.515. The van der Waals surface area contributed by atoms with Crippen molar-refractivity contribution in [1.29, 1.82) is 0 Å². The fourth-order valence-corrected chi connectivity index (χ4v) is 4.31. The molecule has 1 atom stereocenters. The molecule has 1 aromatic rings. The molecule has 21 heavy (non-hydrogen) atoms. The Morgan fingerprint density at radius 1 is 1.48 bits per heavy atom. The second kappa shape index (κ2) is 6.23. The highest BCUT2D eigenvalue weighted by molar-refractivity contribution is 7.91. The fraction of sp³-hybridized carbons (Fsp3) is 0.500. The zero-order valence-electron chi connectivity index (χ0n) is 12.1. The number of likely N-dealkylation sites (N-methyl/N-ethyl adjacent to an activating group) is 1. The molecule has 1 amide bonds. The first-order valence-corrected chi connectivity index (χ1v) is 8.94. The molecule has 5 nitrogen and oxygen atoms in total. The average molecular weight is 331 g/mol. The minimum atomic E-state index is -2.99. The third-order valence-electron chi connectivity index (χ3n) is 3.78. The van der Waals surface area contributed by atoms with Crippen molar-refractivity contribution in [3.8, 4) is 0 Å². The molecule has 1 aliphatic rings. The monoisotopic (exact) mass is 330 g/mol. The maximum absolute atomic E-state index is 12.1. The summed E-state index contributed by atoms with van der Waals surface area (Å²) in [4.78, 5) is 13.7. The van der Waals surface area contributed by atoms with E-state index in [9.17, 15) is 13.2 Å². The Kier molecular flexibility index (Phi) is 4.78. The first kappa shape index (κ1) is 16.1. The molecular formula is C14H19ClN2O3S. The van der Waals surface area contributed by atoms with Crippen LogP contribution in [-0.2, 0) is 14.6 Å². The number of benzene rings is 1. The third-order valence-corrected chi connectivity index (χ3v) is 5.76. The number of hydrogen-bond acceptors (Lipinski definition) is 4. The quantitative estimate of drug-likeness (QED) is 0.912. The summed E-state index contributed by atoms with van der Waals surface area (Å²) in [5, 5.41) is 3.66. The molecule has 0 spiro atoms. The van der Waals surface area contributed by atoms with Crippen LogP contribution in [0.3, 0.4) is 0 Å². The van der Waals surface area contributed by atoms with Gasteiger partial charge in [0.25, 0.3) is 0 Å². The van der Waals surface area contributed by atoms with Gasteiger partial charge in [0.2, 0.25) is 5.91 Å². The van der Waals surface area contributed by atoms with Gasteiger partial charge in [-0.3, -0.25) is 4.79 Å². The van der Waals surface area contributed by atoms with Crippen LogP contribution < -0.4 is 5.32 Å². The molecule has 0 saturated carbocycles. The topological polar surface area (TPSA) is 66.5 Å². The van der Waals surface area contributed by atoms with E-state index >= 15 is 0 Å². The molecule has 1 N–H and O–H groups in total. The minimum absolute atomic E-state index is 0.0609. The van der Waals surface area contributed by atoms with Gasteiger partial charge in [0.1, 0.15) is 0 Å². The molecule has 116 valence electrons. The van der Waals surface area contributed by atoms with E-state index in [0.29, 0.717) is 11.4 Å². The van der Waals surface area contributed by atoms with Gasteiger partial charge in [0.05, 0.1) is 18.1 Å². The second-order valence-corrected chi connectivity index (χ2v) is 8.04. The summed E-state index contributed by atoms with van der Waals surface area (Å²) in [5.74, 6) is 0.0955. The van der Waals surface area contributed by atoms with Crippen molar-refractivity contribution in [3.63, 3.8) is 0 Å². The molecular weight excluding hydrogens is 312 g/mol. The number of nitrogens with one attached hydrogen (secondary N) is 1. The van der Waals surface area contributed by atoms with E-state index in [1.54, 1.807) is 19.2 Å². The maximum Gasteiger partial charge on any atom is 0.241 e. The second-order valence-electron chi connectivity index (χ2n) is 5.37. The maximum atomic E-state index is 12.1. The van der Waals surface area contributed by atoms with Crippen LogP contribution in [0.1, 0.15) is 12.0 Å². The van der Waals surface area contributed by atoms with Gasteiger partial charge in [-0.15, -0.1) is 0 Å². The zero-order valence-corrected chi connectivity index (χ0v) is 13.7. The number of carbonyl (C=O) groups is 1.